The van der Waals surface area contributed by atoms with Crippen LogP contribution in [-0.4, -0.2) is 31.1 Å². The van der Waals surface area contributed by atoms with Crippen LogP contribution in [0.15, 0.2) is 27.6 Å². The average Bonchev–Trinajstić information content (AvgIpc) is 2.33. The minimum absolute atomic E-state index is 0.161. The highest BCUT2D eigenvalue weighted by Gasteiger charge is 2.25. The highest BCUT2D eigenvalue weighted by atomic mass is 79.9. The number of hydrogen-bond acceptors (Lipinski definition) is 2. The van der Waals surface area contributed by atoms with Gasteiger partial charge in [0.15, 0.2) is 0 Å². The zero-order valence-electron chi connectivity index (χ0n) is 10.6. The number of nitrogens with zero attached hydrogens (tertiary/aromatic N) is 1. The molecule has 0 spiro atoms. The first-order valence-electron chi connectivity index (χ1n) is 5.94. The first kappa shape index (κ1) is 17.4. The van der Waals surface area contributed by atoms with Crippen molar-refractivity contribution in [3.63, 3.8) is 0 Å². The monoisotopic (exact) mass is 431 g/mol. The number of sulfonamides is 1. The topological polar surface area (TPSA) is 37.4 Å². The van der Waals surface area contributed by atoms with Crippen LogP contribution in [-0.2, 0) is 10.0 Å². The maximum absolute atomic E-state index is 12.6. The van der Waals surface area contributed by atoms with Gasteiger partial charge in [-0.15, -0.1) is 0 Å². The summed E-state index contributed by atoms with van der Waals surface area (Å²) in [7, 11) is -3.53. The van der Waals surface area contributed by atoms with Crippen molar-refractivity contribution in [3.05, 3.63) is 27.7 Å². The van der Waals surface area contributed by atoms with Crippen molar-refractivity contribution in [1.29, 1.82) is 0 Å². The first-order valence-corrected chi connectivity index (χ1v) is 9.68. The molecule has 1 aromatic carbocycles. The summed E-state index contributed by atoms with van der Waals surface area (Å²) < 4.78 is 27.4. The normalized spacial score (nSPS) is 12.1. The van der Waals surface area contributed by atoms with Gasteiger partial charge < -0.3 is 0 Å². The number of benzene rings is 1. The zero-order valence-corrected chi connectivity index (χ0v) is 15.3. The van der Waals surface area contributed by atoms with E-state index in [1.807, 2.05) is 6.92 Å². The summed E-state index contributed by atoms with van der Waals surface area (Å²) in [6.07, 6.45) is 1.78. The van der Waals surface area contributed by atoms with Crippen LogP contribution < -0.4 is 0 Å². The molecule has 1 aromatic rings. The molecular weight excluding hydrogens is 417 g/mol. The SMILES string of the molecule is CCCCN(CCBr)S(=O)(=O)c1ccc(Br)cc1Cl. The van der Waals surface area contributed by atoms with Crippen molar-refractivity contribution >= 4 is 53.5 Å². The Kier molecular flexibility index (Phi) is 7.32. The van der Waals surface area contributed by atoms with E-state index in [9.17, 15) is 8.42 Å². The number of hydrogen-bond donors (Lipinski definition) is 0. The lowest BCUT2D eigenvalue weighted by Gasteiger charge is -2.21. The highest BCUT2D eigenvalue weighted by Crippen LogP contribution is 2.28. The molecule has 0 bridgehead atoms. The third kappa shape index (κ3) is 4.70. The largest absolute Gasteiger partial charge is 0.244 e. The van der Waals surface area contributed by atoms with Gasteiger partial charge in [-0.2, -0.15) is 4.31 Å². The molecule has 108 valence electrons. The zero-order chi connectivity index (χ0) is 14.5. The van der Waals surface area contributed by atoms with Crippen molar-refractivity contribution in [1.82, 2.24) is 4.31 Å². The van der Waals surface area contributed by atoms with E-state index in [0.717, 1.165) is 17.3 Å². The van der Waals surface area contributed by atoms with Crippen molar-refractivity contribution in [2.24, 2.45) is 0 Å². The molecule has 0 radical (unpaired) electrons. The molecule has 0 aliphatic carbocycles. The third-order valence-corrected chi connectivity index (χ3v) is 5.84. The molecule has 0 unspecified atom stereocenters. The van der Waals surface area contributed by atoms with E-state index in [2.05, 4.69) is 31.9 Å². The van der Waals surface area contributed by atoms with Crippen molar-refractivity contribution in [2.75, 3.05) is 18.4 Å². The summed E-state index contributed by atoms with van der Waals surface area (Å²) in [5, 5.41) is 0.842. The summed E-state index contributed by atoms with van der Waals surface area (Å²) in [6, 6.07) is 4.82. The van der Waals surface area contributed by atoms with E-state index < -0.39 is 10.0 Å². The van der Waals surface area contributed by atoms with Gasteiger partial charge in [0, 0.05) is 22.9 Å². The molecule has 0 saturated heterocycles. The molecule has 1 rings (SSSR count). The van der Waals surface area contributed by atoms with Crippen molar-refractivity contribution in [2.45, 2.75) is 24.7 Å². The predicted octanol–water partition coefficient (Wildman–Crippen LogP) is 4.29. The summed E-state index contributed by atoms with van der Waals surface area (Å²) in [4.78, 5) is 0.161. The summed E-state index contributed by atoms with van der Waals surface area (Å²) in [5.41, 5.74) is 0. The minimum atomic E-state index is -3.53. The van der Waals surface area contributed by atoms with Crippen LogP contribution in [0, 0.1) is 0 Å². The predicted molar refractivity (Wildman–Crippen MR) is 86.6 cm³/mol. The maximum Gasteiger partial charge on any atom is 0.244 e. The second-order valence-electron chi connectivity index (χ2n) is 4.02. The van der Waals surface area contributed by atoms with E-state index in [1.54, 1.807) is 12.1 Å². The Morgan fingerprint density at radius 2 is 2.00 bits per heavy atom. The van der Waals surface area contributed by atoms with Gasteiger partial charge in [0.1, 0.15) is 4.90 Å². The molecule has 0 aliphatic heterocycles. The fraction of sp³-hybridized carbons (Fsp3) is 0.500. The Morgan fingerprint density at radius 3 is 2.53 bits per heavy atom. The highest BCUT2D eigenvalue weighted by molar-refractivity contribution is 9.10. The summed E-state index contributed by atoms with van der Waals surface area (Å²) in [5.74, 6) is 0. The molecule has 0 N–H and O–H groups in total. The first-order chi connectivity index (χ1) is 8.93. The summed E-state index contributed by atoms with van der Waals surface area (Å²) in [6.45, 7) is 2.98. The smallest absolute Gasteiger partial charge is 0.207 e. The van der Waals surface area contributed by atoms with Crippen molar-refractivity contribution in [3.8, 4) is 0 Å². The Bertz CT molecular complexity index is 522. The Hall–Kier alpha value is 0.380. The molecule has 0 heterocycles. The average molecular weight is 434 g/mol. The molecule has 7 heteroatoms. The second-order valence-corrected chi connectivity index (χ2v) is 8.04. The lowest BCUT2D eigenvalue weighted by atomic mass is 10.3. The van der Waals surface area contributed by atoms with Crippen LogP contribution >= 0.6 is 43.5 Å². The van der Waals surface area contributed by atoms with E-state index in [0.29, 0.717) is 18.4 Å². The van der Waals surface area contributed by atoms with Crippen LogP contribution in [0.4, 0.5) is 0 Å². The minimum Gasteiger partial charge on any atom is -0.207 e. The molecule has 19 heavy (non-hydrogen) atoms. The van der Waals surface area contributed by atoms with Gasteiger partial charge in [0.25, 0.3) is 0 Å². The molecule has 0 saturated carbocycles. The van der Waals surface area contributed by atoms with Crippen LogP contribution in [0.1, 0.15) is 19.8 Å². The van der Waals surface area contributed by atoms with E-state index >= 15 is 0 Å². The van der Waals surface area contributed by atoms with E-state index in [1.165, 1.54) is 10.4 Å². The molecule has 0 atom stereocenters. The van der Waals surface area contributed by atoms with Gasteiger partial charge >= 0.3 is 0 Å². The molecule has 0 fully saturated rings. The Balaban J connectivity index is 3.11. The Morgan fingerprint density at radius 1 is 1.32 bits per heavy atom. The number of halogens is 3. The van der Waals surface area contributed by atoms with Gasteiger partial charge in [-0.1, -0.05) is 56.8 Å². The van der Waals surface area contributed by atoms with E-state index in [4.69, 9.17) is 11.6 Å². The number of unbranched alkanes of at least 4 members (excludes halogenated alkanes) is 1. The van der Waals surface area contributed by atoms with Crippen LogP contribution in [0.5, 0.6) is 0 Å². The van der Waals surface area contributed by atoms with Gasteiger partial charge in [-0.25, -0.2) is 8.42 Å². The summed E-state index contributed by atoms with van der Waals surface area (Å²) >= 11 is 12.6. The van der Waals surface area contributed by atoms with Crippen LogP contribution in [0.3, 0.4) is 0 Å². The number of rotatable bonds is 7. The van der Waals surface area contributed by atoms with Crippen molar-refractivity contribution < 1.29 is 8.42 Å². The second kappa shape index (κ2) is 7.98. The fourth-order valence-corrected chi connectivity index (χ4v) is 4.76. The lowest BCUT2D eigenvalue weighted by molar-refractivity contribution is 0.422. The molecule has 0 aliphatic rings. The third-order valence-electron chi connectivity index (χ3n) is 2.61. The number of alkyl halides is 1. The molecular formula is C12H16Br2ClNO2S. The van der Waals surface area contributed by atoms with Gasteiger partial charge in [0.2, 0.25) is 10.0 Å². The van der Waals surface area contributed by atoms with Crippen LogP contribution in [0.2, 0.25) is 5.02 Å². The van der Waals surface area contributed by atoms with Crippen LogP contribution in [0.25, 0.3) is 0 Å². The maximum atomic E-state index is 12.6. The van der Waals surface area contributed by atoms with Gasteiger partial charge in [-0.3, -0.25) is 0 Å². The Labute approximate surface area is 136 Å². The molecule has 3 nitrogen and oxygen atoms in total. The quantitative estimate of drug-likeness (QED) is 0.602. The van der Waals surface area contributed by atoms with E-state index in [-0.39, 0.29) is 9.92 Å². The molecule has 0 amide bonds. The lowest BCUT2D eigenvalue weighted by Crippen LogP contribution is -2.33. The fourth-order valence-electron chi connectivity index (χ4n) is 1.60. The van der Waals surface area contributed by atoms with Gasteiger partial charge in [0.05, 0.1) is 5.02 Å². The standard InChI is InChI=1S/C12H16Br2ClNO2S/c1-2-3-7-16(8-6-13)19(17,18)12-5-4-10(14)9-11(12)15/h4-5,9H,2-3,6-8H2,1H3. The molecule has 0 aromatic heterocycles. The van der Waals surface area contributed by atoms with Gasteiger partial charge in [-0.05, 0) is 24.6 Å².